The summed E-state index contributed by atoms with van der Waals surface area (Å²) < 4.78 is 0.866. The highest BCUT2D eigenvalue weighted by molar-refractivity contribution is 9.10. The summed E-state index contributed by atoms with van der Waals surface area (Å²) >= 11 is 3.37. The SMILES string of the molecule is CC.N#Cc1cc(Br)cc(NCc2ccc(C=O)cc2)c1. The van der Waals surface area contributed by atoms with Crippen LogP contribution in [-0.2, 0) is 6.54 Å². The van der Waals surface area contributed by atoms with Gasteiger partial charge in [-0.15, -0.1) is 0 Å². The highest BCUT2D eigenvalue weighted by atomic mass is 79.9. The summed E-state index contributed by atoms with van der Waals surface area (Å²) in [6.45, 7) is 4.64. The first-order valence-corrected chi connectivity index (χ1v) is 7.49. The van der Waals surface area contributed by atoms with Crippen molar-refractivity contribution in [3.8, 4) is 6.07 Å². The van der Waals surface area contributed by atoms with Gasteiger partial charge < -0.3 is 5.32 Å². The van der Waals surface area contributed by atoms with E-state index in [2.05, 4.69) is 27.3 Å². The fourth-order valence-electron chi connectivity index (χ4n) is 1.67. The molecule has 4 heteroatoms. The number of nitriles is 1. The van der Waals surface area contributed by atoms with Gasteiger partial charge in [0.05, 0.1) is 11.6 Å². The molecule has 0 atom stereocenters. The summed E-state index contributed by atoms with van der Waals surface area (Å²) in [5.74, 6) is 0. The number of nitrogens with one attached hydrogen (secondary N) is 1. The number of hydrogen-bond donors (Lipinski definition) is 1. The van der Waals surface area contributed by atoms with E-state index >= 15 is 0 Å². The number of anilines is 1. The molecule has 0 amide bonds. The number of nitrogens with zero attached hydrogens (tertiary/aromatic N) is 1. The van der Waals surface area contributed by atoms with Crippen molar-refractivity contribution in [1.82, 2.24) is 0 Å². The Morgan fingerprint density at radius 1 is 1.19 bits per heavy atom. The Kier molecular flexibility index (Phi) is 7.20. The van der Waals surface area contributed by atoms with Gasteiger partial charge in [0.25, 0.3) is 0 Å². The Balaban J connectivity index is 0.00000106. The van der Waals surface area contributed by atoms with Crippen molar-refractivity contribution >= 4 is 27.9 Å². The third-order valence-corrected chi connectivity index (χ3v) is 3.10. The van der Waals surface area contributed by atoms with Crippen molar-refractivity contribution in [2.45, 2.75) is 20.4 Å². The first-order valence-electron chi connectivity index (χ1n) is 6.70. The van der Waals surface area contributed by atoms with Gasteiger partial charge >= 0.3 is 0 Å². The highest BCUT2D eigenvalue weighted by Gasteiger charge is 1.99. The van der Waals surface area contributed by atoms with Gasteiger partial charge in [-0.2, -0.15) is 5.26 Å². The van der Waals surface area contributed by atoms with Gasteiger partial charge in [0.1, 0.15) is 6.29 Å². The Bertz CT molecular complexity index is 630. The quantitative estimate of drug-likeness (QED) is 0.812. The second-order valence-electron chi connectivity index (χ2n) is 4.05. The number of rotatable bonds is 4. The predicted molar refractivity (Wildman–Crippen MR) is 89.4 cm³/mol. The van der Waals surface area contributed by atoms with Crippen LogP contribution in [0, 0.1) is 11.3 Å². The van der Waals surface area contributed by atoms with Crippen LogP contribution in [0.5, 0.6) is 0 Å². The third kappa shape index (κ3) is 5.41. The molecule has 0 heterocycles. The molecule has 2 aromatic rings. The zero-order valence-corrected chi connectivity index (χ0v) is 13.6. The molecule has 0 saturated heterocycles. The molecule has 108 valence electrons. The Labute approximate surface area is 133 Å². The first-order chi connectivity index (χ1) is 10.2. The molecule has 21 heavy (non-hydrogen) atoms. The molecule has 0 aliphatic heterocycles. The van der Waals surface area contributed by atoms with Gasteiger partial charge in [0, 0.05) is 22.3 Å². The minimum absolute atomic E-state index is 0.605. The molecule has 0 aliphatic carbocycles. The molecule has 0 bridgehead atoms. The monoisotopic (exact) mass is 344 g/mol. The lowest BCUT2D eigenvalue weighted by Crippen LogP contribution is -1.99. The van der Waals surface area contributed by atoms with E-state index in [9.17, 15) is 4.79 Å². The van der Waals surface area contributed by atoms with E-state index < -0.39 is 0 Å². The smallest absolute Gasteiger partial charge is 0.150 e. The van der Waals surface area contributed by atoms with E-state index in [0.29, 0.717) is 17.7 Å². The van der Waals surface area contributed by atoms with Gasteiger partial charge in [0.15, 0.2) is 0 Å². The molecule has 2 aromatic carbocycles. The fraction of sp³-hybridized carbons (Fsp3) is 0.176. The molecule has 0 spiro atoms. The van der Waals surface area contributed by atoms with Crippen LogP contribution in [0.2, 0.25) is 0 Å². The third-order valence-electron chi connectivity index (χ3n) is 2.64. The average molecular weight is 345 g/mol. The minimum atomic E-state index is 0.605. The van der Waals surface area contributed by atoms with Gasteiger partial charge in [-0.3, -0.25) is 4.79 Å². The van der Waals surface area contributed by atoms with Crippen molar-refractivity contribution < 1.29 is 4.79 Å². The zero-order valence-electron chi connectivity index (χ0n) is 12.1. The van der Waals surface area contributed by atoms with Gasteiger partial charge in [-0.05, 0) is 23.8 Å². The van der Waals surface area contributed by atoms with Crippen LogP contribution in [0.1, 0.15) is 35.3 Å². The molecule has 0 aromatic heterocycles. The van der Waals surface area contributed by atoms with Crippen molar-refractivity contribution in [2.75, 3.05) is 5.32 Å². The molecule has 0 saturated carbocycles. The molecule has 1 N–H and O–H groups in total. The molecule has 3 nitrogen and oxygen atoms in total. The summed E-state index contributed by atoms with van der Waals surface area (Å²) in [4.78, 5) is 10.6. The summed E-state index contributed by atoms with van der Waals surface area (Å²) in [6.07, 6.45) is 0.824. The highest BCUT2D eigenvalue weighted by Crippen LogP contribution is 2.19. The zero-order chi connectivity index (χ0) is 15.7. The van der Waals surface area contributed by atoms with Crippen molar-refractivity contribution in [1.29, 1.82) is 5.26 Å². The lowest BCUT2D eigenvalue weighted by Gasteiger charge is -2.07. The second-order valence-corrected chi connectivity index (χ2v) is 4.97. The Hall–Kier alpha value is -2.12. The standard InChI is InChI=1S/C15H11BrN2O.C2H6/c16-14-5-13(8-17)6-15(7-14)18-9-11-1-3-12(10-19)4-2-11;1-2/h1-7,10,18H,9H2;1-2H3. The maximum atomic E-state index is 10.6. The van der Waals surface area contributed by atoms with Crippen LogP contribution in [0.4, 0.5) is 5.69 Å². The molecule has 0 radical (unpaired) electrons. The molecular weight excluding hydrogens is 328 g/mol. The second kappa shape index (κ2) is 8.93. The van der Waals surface area contributed by atoms with E-state index in [4.69, 9.17) is 5.26 Å². The predicted octanol–water partition coefficient (Wildman–Crippen LogP) is 4.77. The van der Waals surface area contributed by atoms with Crippen LogP contribution in [0.3, 0.4) is 0 Å². The Morgan fingerprint density at radius 3 is 2.43 bits per heavy atom. The molecule has 2 rings (SSSR count). The minimum Gasteiger partial charge on any atom is -0.381 e. The summed E-state index contributed by atoms with van der Waals surface area (Å²) in [7, 11) is 0. The van der Waals surface area contributed by atoms with Crippen LogP contribution in [0.25, 0.3) is 0 Å². The van der Waals surface area contributed by atoms with Gasteiger partial charge in [-0.1, -0.05) is 54.0 Å². The van der Waals surface area contributed by atoms with Crippen molar-refractivity contribution in [3.63, 3.8) is 0 Å². The molecular formula is C17H17BrN2O. The van der Waals surface area contributed by atoms with Crippen LogP contribution in [0.15, 0.2) is 46.9 Å². The first kappa shape index (κ1) is 16.9. The van der Waals surface area contributed by atoms with E-state index in [1.165, 1.54) is 0 Å². The lowest BCUT2D eigenvalue weighted by molar-refractivity contribution is 0.112. The van der Waals surface area contributed by atoms with Crippen LogP contribution < -0.4 is 5.32 Å². The summed E-state index contributed by atoms with van der Waals surface area (Å²) in [5, 5.41) is 12.1. The fourth-order valence-corrected chi connectivity index (χ4v) is 2.17. The Morgan fingerprint density at radius 2 is 1.86 bits per heavy atom. The van der Waals surface area contributed by atoms with Crippen LogP contribution >= 0.6 is 15.9 Å². The number of benzene rings is 2. The maximum absolute atomic E-state index is 10.6. The number of aldehydes is 1. The van der Waals surface area contributed by atoms with Crippen molar-refractivity contribution in [2.24, 2.45) is 0 Å². The number of hydrogen-bond acceptors (Lipinski definition) is 3. The molecule has 0 fully saturated rings. The number of carbonyl (C=O) groups excluding carboxylic acids is 1. The van der Waals surface area contributed by atoms with Crippen LogP contribution in [-0.4, -0.2) is 6.29 Å². The normalized spacial score (nSPS) is 9.05. The molecule has 0 unspecified atom stereocenters. The van der Waals surface area contributed by atoms with E-state index in [-0.39, 0.29) is 0 Å². The largest absolute Gasteiger partial charge is 0.381 e. The summed E-state index contributed by atoms with van der Waals surface area (Å²) in [5.41, 5.74) is 3.22. The van der Waals surface area contributed by atoms with Crippen molar-refractivity contribution in [3.05, 3.63) is 63.6 Å². The summed E-state index contributed by atoms with van der Waals surface area (Å²) in [6, 6.07) is 15.0. The molecule has 0 aliphatic rings. The van der Waals surface area contributed by atoms with E-state index in [1.807, 2.05) is 32.0 Å². The van der Waals surface area contributed by atoms with E-state index in [1.54, 1.807) is 24.3 Å². The number of halogens is 1. The van der Waals surface area contributed by atoms with Gasteiger partial charge in [0.2, 0.25) is 0 Å². The van der Waals surface area contributed by atoms with E-state index in [0.717, 1.165) is 22.0 Å². The van der Waals surface area contributed by atoms with Gasteiger partial charge in [-0.25, -0.2) is 0 Å². The lowest BCUT2D eigenvalue weighted by atomic mass is 10.1. The topological polar surface area (TPSA) is 52.9 Å². The average Bonchev–Trinajstić information content (AvgIpc) is 2.54. The maximum Gasteiger partial charge on any atom is 0.150 e. The number of carbonyl (C=O) groups is 1.